The van der Waals surface area contributed by atoms with E-state index in [-0.39, 0.29) is 6.04 Å². The van der Waals surface area contributed by atoms with E-state index >= 15 is 0 Å². The Balaban J connectivity index is 1.16. The summed E-state index contributed by atoms with van der Waals surface area (Å²) in [6.45, 7) is 0. The molecule has 4 heteroatoms. The third-order valence-corrected chi connectivity index (χ3v) is 9.86. The first-order chi connectivity index (χ1) is 22.8. The second-order valence-corrected chi connectivity index (χ2v) is 12.4. The Morgan fingerprint density at radius 1 is 0.609 bits per heavy atom. The van der Waals surface area contributed by atoms with Crippen LogP contribution < -0.4 is 9.80 Å². The zero-order chi connectivity index (χ0) is 30.2. The molecule has 3 aliphatic rings. The summed E-state index contributed by atoms with van der Waals surface area (Å²) in [4.78, 5) is 4.88. The Labute approximate surface area is 266 Å². The summed E-state index contributed by atoms with van der Waals surface area (Å²) in [6, 6.07) is 40.7. The molecule has 0 saturated heterocycles. The molecule has 5 aromatic carbocycles. The summed E-state index contributed by atoms with van der Waals surface area (Å²) in [5.41, 5.74) is 10.8. The average Bonchev–Trinajstić information content (AvgIpc) is 3.77. The molecule has 0 amide bonds. The van der Waals surface area contributed by atoms with Gasteiger partial charge in [0.15, 0.2) is 0 Å². The largest absolute Gasteiger partial charge is 0.456 e. The van der Waals surface area contributed by atoms with Crippen LogP contribution in [-0.4, -0.2) is 6.04 Å². The second-order valence-electron chi connectivity index (χ2n) is 12.4. The van der Waals surface area contributed by atoms with Gasteiger partial charge in [0.1, 0.15) is 22.3 Å². The van der Waals surface area contributed by atoms with Crippen LogP contribution in [0.25, 0.3) is 43.9 Å². The van der Waals surface area contributed by atoms with Gasteiger partial charge in [0.25, 0.3) is 0 Å². The minimum absolute atomic E-state index is 0.169. The molecule has 2 atom stereocenters. The van der Waals surface area contributed by atoms with Gasteiger partial charge in [-0.15, -0.1) is 0 Å². The number of fused-ring (bicyclic) bond motifs is 8. The van der Waals surface area contributed by atoms with Crippen LogP contribution in [-0.2, 0) is 0 Å². The first kappa shape index (κ1) is 25.6. The van der Waals surface area contributed by atoms with Crippen molar-refractivity contribution in [3.05, 3.63) is 163 Å². The van der Waals surface area contributed by atoms with Crippen molar-refractivity contribution in [3.8, 4) is 0 Å². The molecule has 2 unspecified atom stereocenters. The number of hydrogen-bond acceptors (Lipinski definition) is 4. The number of furan rings is 2. The standard InChI is InChI=1S/C42H30N2O2/c1-2-10-27(11-3-1)44-37-15-7-4-12-31(37)32-21-18-28(24-38(32)44)43(29-19-22-35-33-13-5-8-16-39(33)45-41(35)25-29)30-20-23-36-34-14-6-9-17-40(34)46-42(36)26-30/h1-3,5-11,13-26,32,38H,4,12H2. The zero-order valence-corrected chi connectivity index (χ0v) is 25.1. The van der Waals surface area contributed by atoms with Gasteiger partial charge in [0.2, 0.25) is 0 Å². The van der Waals surface area contributed by atoms with Crippen molar-refractivity contribution in [1.82, 2.24) is 0 Å². The Hall–Kier alpha value is -5.74. The van der Waals surface area contributed by atoms with E-state index in [2.05, 4.69) is 131 Å². The molecule has 7 aromatic rings. The summed E-state index contributed by atoms with van der Waals surface area (Å²) >= 11 is 0. The molecule has 0 radical (unpaired) electrons. The zero-order valence-electron chi connectivity index (χ0n) is 25.1. The Kier molecular flexibility index (Phi) is 5.49. The molecular formula is C42H30N2O2. The van der Waals surface area contributed by atoms with Crippen molar-refractivity contribution in [3.63, 3.8) is 0 Å². The van der Waals surface area contributed by atoms with E-state index in [0.29, 0.717) is 5.92 Å². The van der Waals surface area contributed by atoms with Crippen LogP contribution in [0.1, 0.15) is 12.8 Å². The Morgan fingerprint density at radius 2 is 1.22 bits per heavy atom. The number of allylic oxidation sites excluding steroid dienone is 3. The normalized spacial score (nSPS) is 19.0. The van der Waals surface area contributed by atoms with Gasteiger partial charge in [-0.2, -0.15) is 0 Å². The fourth-order valence-electron chi connectivity index (χ4n) is 7.81. The maximum atomic E-state index is 6.38. The van der Waals surface area contributed by atoms with E-state index < -0.39 is 0 Å². The van der Waals surface area contributed by atoms with E-state index in [1.807, 2.05) is 24.3 Å². The van der Waals surface area contributed by atoms with Gasteiger partial charge in [0, 0.05) is 68.1 Å². The monoisotopic (exact) mass is 594 g/mol. The van der Waals surface area contributed by atoms with Gasteiger partial charge in [0.05, 0.1) is 6.04 Å². The number of anilines is 3. The maximum absolute atomic E-state index is 6.38. The quantitative estimate of drug-likeness (QED) is 0.203. The van der Waals surface area contributed by atoms with Crippen molar-refractivity contribution in [2.75, 3.05) is 9.80 Å². The van der Waals surface area contributed by atoms with Crippen LogP contribution in [0, 0.1) is 5.92 Å². The maximum Gasteiger partial charge on any atom is 0.137 e. The number of rotatable bonds is 4. The molecule has 3 heterocycles. The summed E-state index contributed by atoms with van der Waals surface area (Å²) in [5, 5.41) is 4.51. The summed E-state index contributed by atoms with van der Waals surface area (Å²) in [5.74, 6) is 0.335. The topological polar surface area (TPSA) is 32.8 Å². The number of benzene rings is 5. The summed E-state index contributed by atoms with van der Waals surface area (Å²) < 4.78 is 12.8. The Morgan fingerprint density at radius 3 is 1.89 bits per heavy atom. The van der Waals surface area contributed by atoms with Crippen LogP contribution in [0.5, 0.6) is 0 Å². The molecule has 0 saturated carbocycles. The molecule has 220 valence electrons. The van der Waals surface area contributed by atoms with E-state index in [9.17, 15) is 0 Å². The van der Waals surface area contributed by atoms with Gasteiger partial charge < -0.3 is 18.6 Å². The lowest BCUT2D eigenvalue weighted by molar-refractivity contribution is 0.652. The average molecular weight is 595 g/mol. The highest BCUT2D eigenvalue weighted by Crippen LogP contribution is 2.47. The molecule has 46 heavy (non-hydrogen) atoms. The van der Waals surface area contributed by atoms with Gasteiger partial charge >= 0.3 is 0 Å². The molecule has 4 nitrogen and oxygen atoms in total. The van der Waals surface area contributed by atoms with Crippen LogP contribution in [0.4, 0.5) is 17.1 Å². The van der Waals surface area contributed by atoms with Gasteiger partial charge in [-0.05, 0) is 85.2 Å². The predicted octanol–water partition coefficient (Wildman–Crippen LogP) is 11.2. The van der Waals surface area contributed by atoms with Crippen molar-refractivity contribution >= 4 is 60.9 Å². The molecule has 0 N–H and O–H groups in total. The first-order valence-electron chi connectivity index (χ1n) is 16.1. The highest BCUT2D eigenvalue weighted by atomic mass is 16.3. The van der Waals surface area contributed by atoms with E-state index in [0.717, 1.165) is 73.8 Å². The highest BCUT2D eigenvalue weighted by molar-refractivity contribution is 6.07. The van der Waals surface area contributed by atoms with Crippen LogP contribution in [0.2, 0.25) is 0 Å². The molecule has 10 rings (SSSR count). The Bertz CT molecular complexity index is 2340. The molecule has 0 fully saturated rings. The lowest BCUT2D eigenvalue weighted by Crippen LogP contribution is -2.34. The van der Waals surface area contributed by atoms with Crippen LogP contribution in [0.15, 0.2) is 171 Å². The number of hydrogen-bond donors (Lipinski definition) is 0. The highest BCUT2D eigenvalue weighted by Gasteiger charge is 2.40. The molecule has 0 spiro atoms. The van der Waals surface area contributed by atoms with Crippen molar-refractivity contribution in [2.45, 2.75) is 18.9 Å². The SMILES string of the molecule is C1=CC2=C(CC1)C1C=CC(N(c3ccc4c(c3)oc3ccccc34)c3ccc4c(c3)oc3ccccc34)=CC1N2c1ccccc1. The van der Waals surface area contributed by atoms with Crippen molar-refractivity contribution in [2.24, 2.45) is 5.92 Å². The lowest BCUT2D eigenvalue weighted by atomic mass is 9.86. The van der Waals surface area contributed by atoms with Crippen molar-refractivity contribution < 1.29 is 8.83 Å². The minimum Gasteiger partial charge on any atom is -0.456 e. The summed E-state index contributed by atoms with van der Waals surface area (Å²) in [6.07, 6.45) is 14.0. The summed E-state index contributed by atoms with van der Waals surface area (Å²) in [7, 11) is 0. The first-order valence-corrected chi connectivity index (χ1v) is 16.1. The molecule has 1 aliphatic heterocycles. The van der Waals surface area contributed by atoms with Gasteiger partial charge in [-0.1, -0.05) is 66.7 Å². The second kappa shape index (κ2) is 9.88. The third kappa shape index (κ3) is 3.80. The smallest absolute Gasteiger partial charge is 0.137 e. The molecule has 2 aromatic heterocycles. The molecule has 2 aliphatic carbocycles. The van der Waals surface area contributed by atoms with E-state index in [4.69, 9.17) is 8.83 Å². The molecular weight excluding hydrogens is 564 g/mol. The van der Waals surface area contributed by atoms with E-state index in [1.165, 1.54) is 17.0 Å². The van der Waals surface area contributed by atoms with Crippen LogP contribution in [0.3, 0.4) is 0 Å². The fourth-order valence-corrected chi connectivity index (χ4v) is 7.81. The molecule has 0 bridgehead atoms. The van der Waals surface area contributed by atoms with Gasteiger partial charge in [-0.3, -0.25) is 0 Å². The fraction of sp³-hybridized carbons (Fsp3) is 0.0952. The van der Waals surface area contributed by atoms with E-state index in [1.54, 1.807) is 0 Å². The van der Waals surface area contributed by atoms with Crippen LogP contribution >= 0.6 is 0 Å². The minimum atomic E-state index is 0.169. The predicted molar refractivity (Wildman–Crippen MR) is 188 cm³/mol. The third-order valence-electron chi connectivity index (χ3n) is 9.86. The van der Waals surface area contributed by atoms with Gasteiger partial charge in [-0.25, -0.2) is 0 Å². The number of nitrogens with zero attached hydrogens (tertiary/aromatic N) is 2. The lowest BCUT2D eigenvalue weighted by Gasteiger charge is -2.34. The van der Waals surface area contributed by atoms with Crippen molar-refractivity contribution in [1.29, 1.82) is 0 Å². The number of para-hydroxylation sites is 3.